The van der Waals surface area contributed by atoms with E-state index in [9.17, 15) is 9.59 Å². The summed E-state index contributed by atoms with van der Waals surface area (Å²) in [4.78, 5) is 22.2. The molecule has 0 aliphatic heterocycles. The van der Waals surface area contributed by atoms with Gasteiger partial charge in [-0.3, -0.25) is 5.32 Å². The van der Waals surface area contributed by atoms with Crippen LogP contribution in [0.4, 0.5) is 10.5 Å². The van der Waals surface area contributed by atoms with E-state index in [1.165, 1.54) is 0 Å². The smallest absolute Gasteiger partial charge is 0.412 e. The molecular formula is C15H20BrNO3. The predicted molar refractivity (Wildman–Crippen MR) is 83.0 cm³/mol. The van der Waals surface area contributed by atoms with Gasteiger partial charge in [-0.05, 0) is 51.3 Å². The van der Waals surface area contributed by atoms with Crippen LogP contribution in [-0.4, -0.2) is 18.0 Å². The second-order valence-corrected chi connectivity index (χ2v) is 6.40. The molecule has 5 heteroatoms. The van der Waals surface area contributed by atoms with Crippen LogP contribution in [0.3, 0.4) is 0 Å². The Balaban J connectivity index is 2.78. The number of hydrogen-bond acceptors (Lipinski definition) is 3. The van der Waals surface area contributed by atoms with Crippen molar-refractivity contribution in [3.05, 3.63) is 28.2 Å². The van der Waals surface area contributed by atoms with Gasteiger partial charge in [0.15, 0.2) is 0 Å². The molecule has 0 aliphatic rings. The number of carbonyl (C=O) groups excluding carboxylic acids is 2. The summed E-state index contributed by atoms with van der Waals surface area (Å²) >= 11 is 3.38. The number of ether oxygens (including phenoxy) is 1. The zero-order chi connectivity index (χ0) is 15.2. The number of carbonyl (C=O) groups is 2. The van der Waals surface area contributed by atoms with Crippen molar-refractivity contribution in [2.75, 3.05) is 5.32 Å². The highest BCUT2D eigenvalue weighted by Crippen LogP contribution is 2.23. The molecule has 1 N–H and O–H groups in total. The average molecular weight is 342 g/mol. The maximum absolute atomic E-state index is 11.8. The average Bonchev–Trinajstić information content (AvgIpc) is 2.29. The highest BCUT2D eigenvalue weighted by Gasteiger charge is 2.17. The molecule has 1 aromatic carbocycles. The maximum atomic E-state index is 11.8. The molecule has 0 bridgehead atoms. The summed E-state index contributed by atoms with van der Waals surface area (Å²) in [6.45, 7) is 5.45. The van der Waals surface area contributed by atoms with Crippen LogP contribution in [0.1, 0.15) is 39.2 Å². The molecule has 0 atom stereocenters. The number of nitrogens with one attached hydrogen (secondary N) is 1. The molecule has 110 valence electrons. The Labute approximate surface area is 128 Å². The van der Waals surface area contributed by atoms with Gasteiger partial charge in [0.2, 0.25) is 0 Å². The highest BCUT2D eigenvalue weighted by atomic mass is 79.9. The Bertz CT molecular complexity index is 480. The lowest BCUT2D eigenvalue weighted by Gasteiger charge is -2.20. The predicted octanol–water partition coefficient (Wildman–Crippen LogP) is 4.32. The minimum absolute atomic E-state index is 0.479. The molecule has 0 spiro atoms. The minimum atomic E-state index is -0.534. The molecule has 0 unspecified atom stereocenters. The van der Waals surface area contributed by atoms with Crippen LogP contribution in [0.5, 0.6) is 0 Å². The second-order valence-electron chi connectivity index (χ2n) is 5.49. The summed E-state index contributed by atoms with van der Waals surface area (Å²) in [6.07, 6.45) is 2.43. The van der Waals surface area contributed by atoms with Crippen molar-refractivity contribution in [2.24, 2.45) is 0 Å². The number of anilines is 1. The van der Waals surface area contributed by atoms with E-state index in [1.807, 2.05) is 39.0 Å². The second kappa shape index (κ2) is 7.43. The lowest BCUT2D eigenvalue weighted by atomic mass is 10.1. The summed E-state index contributed by atoms with van der Waals surface area (Å²) in [6, 6.07) is 5.68. The molecule has 1 amide bonds. The Kier molecular flexibility index (Phi) is 6.20. The van der Waals surface area contributed by atoms with Gasteiger partial charge < -0.3 is 9.53 Å². The van der Waals surface area contributed by atoms with Gasteiger partial charge in [0.25, 0.3) is 0 Å². The van der Waals surface area contributed by atoms with Crippen LogP contribution < -0.4 is 5.32 Å². The third-order valence-corrected chi connectivity index (χ3v) is 2.97. The molecular weight excluding hydrogens is 322 g/mol. The van der Waals surface area contributed by atoms with Gasteiger partial charge in [-0.15, -0.1) is 0 Å². The van der Waals surface area contributed by atoms with Crippen molar-refractivity contribution < 1.29 is 14.3 Å². The minimum Gasteiger partial charge on any atom is -0.444 e. The normalized spacial score (nSPS) is 11.0. The van der Waals surface area contributed by atoms with Gasteiger partial charge in [0, 0.05) is 16.6 Å². The number of benzene rings is 1. The lowest BCUT2D eigenvalue weighted by molar-refractivity contribution is -0.107. The fraction of sp³-hybridized carbons (Fsp3) is 0.467. The van der Waals surface area contributed by atoms with E-state index in [0.717, 1.165) is 29.2 Å². The lowest BCUT2D eigenvalue weighted by Crippen LogP contribution is -2.27. The SMILES string of the molecule is CC(C)(C)OC(=O)Nc1cc(Br)ccc1CCCC=O. The molecule has 20 heavy (non-hydrogen) atoms. The van der Waals surface area contributed by atoms with Crippen molar-refractivity contribution in [1.29, 1.82) is 0 Å². The standard InChI is InChI=1S/C15H20BrNO3/c1-15(2,3)20-14(19)17-13-10-12(16)8-7-11(13)6-4-5-9-18/h7-10H,4-6H2,1-3H3,(H,17,19). The Morgan fingerprint density at radius 3 is 2.70 bits per heavy atom. The monoisotopic (exact) mass is 341 g/mol. The molecule has 1 rings (SSSR count). The van der Waals surface area contributed by atoms with Crippen LogP contribution in [0.25, 0.3) is 0 Å². The summed E-state index contributed by atoms with van der Waals surface area (Å²) in [5.41, 5.74) is 1.16. The number of rotatable bonds is 5. The highest BCUT2D eigenvalue weighted by molar-refractivity contribution is 9.10. The van der Waals surface area contributed by atoms with Gasteiger partial charge in [-0.1, -0.05) is 22.0 Å². The number of unbranched alkanes of at least 4 members (excludes halogenated alkanes) is 1. The molecule has 0 aliphatic carbocycles. The quantitative estimate of drug-likeness (QED) is 0.640. The molecule has 0 radical (unpaired) electrons. The van der Waals surface area contributed by atoms with Crippen molar-refractivity contribution >= 4 is 34.0 Å². The Morgan fingerprint density at radius 1 is 1.40 bits per heavy atom. The first-order valence-electron chi connectivity index (χ1n) is 6.54. The first-order valence-corrected chi connectivity index (χ1v) is 7.33. The largest absolute Gasteiger partial charge is 0.444 e. The zero-order valence-electron chi connectivity index (χ0n) is 12.0. The number of aryl methyl sites for hydroxylation is 1. The van der Waals surface area contributed by atoms with E-state index < -0.39 is 11.7 Å². The maximum Gasteiger partial charge on any atom is 0.412 e. The summed E-state index contributed by atoms with van der Waals surface area (Å²) in [5.74, 6) is 0. The van der Waals surface area contributed by atoms with Crippen molar-refractivity contribution in [1.82, 2.24) is 0 Å². The third-order valence-electron chi connectivity index (χ3n) is 2.48. The number of aldehydes is 1. The summed E-state index contributed by atoms with van der Waals surface area (Å²) < 4.78 is 6.12. The van der Waals surface area contributed by atoms with Gasteiger partial charge in [-0.2, -0.15) is 0 Å². The molecule has 1 aromatic rings. The van der Waals surface area contributed by atoms with Crippen LogP contribution in [0.2, 0.25) is 0 Å². The first-order chi connectivity index (χ1) is 9.31. The Morgan fingerprint density at radius 2 is 2.10 bits per heavy atom. The number of amides is 1. The van der Waals surface area contributed by atoms with E-state index in [1.54, 1.807) is 0 Å². The third kappa shape index (κ3) is 6.19. The molecule has 0 aromatic heterocycles. The molecule has 0 saturated carbocycles. The molecule has 0 fully saturated rings. The van der Waals surface area contributed by atoms with Gasteiger partial charge in [0.1, 0.15) is 11.9 Å². The van der Waals surface area contributed by atoms with Gasteiger partial charge >= 0.3 is 6.09 Å². The first kappa shape index (κ1) is 16.7. The summed E-state index contributed by atoms with van der Waals surface area (Å²) in [5, 5.41) is 2.76. The van der Waals surface area contributed by atoms with Gasteiger partial charge in [-0.25, -0.2) is 4.79 Å². The van der Waals surface area contributed by atoms with Crippen LogP contribution >= 0.6 is 15.9 Å². The number of halogens is 1. The van der Waals surface area contributed by atoms with Crippen molar-refractivity contribution in [2.45, 2.75) is 45.6 Å². The van der Waals surface area contributed by atoms with E-state index in [2.05, 4.69) is 21.2 Å². The van der Waals surface area contributed by atoms with Crippen molar-refractivity contribution in [3.63, 3.8) is 0 Å². The summed E-state index contributed by atoms with van der Waals surface area (Å²) in [7, 11) is 0. The van der Waals surface area contributed by atoms with E-state index >= 15 is 0 Å². The van der Waals surface area contributed by atoms with Crippen molar-refractivity contribution in [3.8, 4) is 0 Å². The van der Waals surface area contributed by atoms with Crippen LogP contribution in [0, 0.1) is 0 Å². The van der Waals surface area contributed by atoms with E-state index in [4.69, 9.17) is 4.74 Å². The van der Waals surface area contributed by atoms with Crippen LogP contribution in [-0.2, 0) is 16.0 Å². The molecule has 0 heterocycles. The van der Waals surface area contributed by atoms with E-state index in [0.29, 0.717) is 12.1 Å². The fourth-order valence-corrected chi connectivity index (χ4v) is 2.03. The Hall–Kier alpha value is -1.36. The van der Waals surface area contributed by atoms with Gasteiger partial charge in [0.05, 0.1) is 0 Å². The number of hydrogen-bond donors (Lipinski definition) is 1. The topological polar surface area (TPSA) is 55.4 Å². The zero-order valence-corrected chi connectivity index (χ0v) is 13.6. The van der Waals surface area contributed by atoms with E-state index in [-0.39, 0.29) is 0 Å². The van der Waals surface area contributed by atoms with Crippen LogP contribution in [0.15, 0.2) is 22.7 Å². The molecule has 4 nitrogen and oxygen atoms in total. The molecule has 0 saturated heterocycles. The fourth-order valence-electron chi connectivity index (χ4n) is 1.67.